The Morgan fingerprint density at radius 2 is 1.41 bits per heavy atom. The number of esters is 3. The molecule has 37 heavy (non-hydrogen) atoms. The lowest BCUT2D eigenvalue weighted by molar-refractivity contribution is -0.155. The van der Waals surface area contributed by atoms with Crippen LogP contribution in [-0.2, 0) is 35.1 Å². The molecule has 3 heterocycles. The zero-order chi connectivity index (χ0) is 27.1. The number of carbonyl (C=O) groups is 4. The molecule has 9 nitrogen and oxygen atoms in total. The molecule has 0 saturated carbocycles. The molecule has 0 bridgehead atoms. The van der Waals surface area contributed by atoms with Crippen LogP contribution >= 0.6 is 0 Å². The summed E-state index contributed by atoms with van der Waals surface area (Å²) in [6.45, 7) is -0.422. The third-order valence-corrected chi connectivity index (χ3v) is 6.49. The summed E-state index contributed by atoms with van der Waals surface area (Å²) in [5.74, 6) is -5.90. The Labute approximate surface area is 210 Å². The number of hydrogen-bond acceptors (Lipinski definition) is 8. The molecule has 1 aromatic carbocycles. The monoisotopic (exact) mass is 532 g/mol. The topological polar surface area (TPSA) is 113 Å². The molecule has 0 radical (unpaired) electrons. The lowest BCUT2D eigenvalue weighted by atomic mass is 9.96. The van der Waals surface area contributed by atoms with Crippen LogP contribution in [-0.4, -0.2) is 97.5 Å². The number of ether oxygens (including phenoxy) is 2. The maximum absolute atomic E-state index is 12.4. The lowest BCUT2D eigenvalue weighted by Gasteiger charge is -2.14. The van der Waals surface area contributed by atoms with E-state index in [2.05, 4.69) is 4.74 Å². The van der Waals surface area contributed by atoms with E-state index < -0.39 is 66.9 Å². The zero-order valence-corrected chi connectivity index (χ0v) is 19.8. The summed E-state index contributed by atoms with van der Waals surface area (Å²) in [7, 11) is 0. The number of rotatable bonds is 9. The quantitative estimate of drug-likeness (QED) is 0.288. The third-order valence-electron chi connectivity index (χ3n) is 6.49. The summed E-state index contributed by atoms with van der Waals surface area (Å²) in [5.41, 5.74) is 1.00. The summed E-state index contributed by atoms with van der Waals surface area (Å²) in [6, 6.07) is 9.42. The van der Waals surface area contributed by atoms with E-state index in [-0.39, 0.29) is 39.3 Å². The zero-order valence-electron chi connectivity index (χ0n) is 19.8. The second-order valence-electron chi connectivity index (χ2n) is 9.13. The van der Waals surface area contributed by atoms with E-state index >= 15 is 0 Å². The number of fused-ring (bicyclic) bond motifs is 1. The lowest BCUT2D eigenvalue weighted by Crippen LogP contribution is -2.30. The summed E-state index contributed by atoms with van der Waals surface area (Å²) in [6.07, 6.45) is -4.46. The summed E-state index contributed by atoms with van der Waals surface area (Å²) >= 11 is 0. The molecule has 3 fully saturated rings. The van der Waals surface area contributed by atoms with E-state index in [1.54, 1.807) is 0 Å². The number of carboxylic acids is 1. The molecule has 13 heteroatoms. The van der Waals surface area contributed by atoms with Crippen molar-refractivity contribution < 1.29 is 51.3 Å². The van der Waals surface area contributed by atoms with Crippen LogP contribution in [0, 0.1) is 23.7 Å². The number of halogens is 4. The van der Waals surface area contributed by atoms with Gasteiger partial charge < -0.3 is 14.6 Å². The van der Waals surface area contributed by atoms with Crippen molar-refractivity contribution in [3.05, 3.63) is 35.9 Å². The Morgan fingerprint density at radius 3 is 1.92 bits per heavy atom. The van der Waals surface area contributed by atoms with E-state index in [4.69, 9.17) is 9.84 Å². The van der Waals surface area contributed by atoms with Crippen LogP contribution in [0.3, 0.4) is 0 Å². The van der Waals surface area contributed by atoms with E-state index in [1.807, 2.05) is 30.3 Å². The maximum atomic E-state index is 12.4. The van der Waals surface area contributed by atoms with Gasteiger partial charge in [0.1, 0.15) is 0 Å². The Morgan fingerprint density at radius 1 is 0.892 bits per heavy atom. The summed E-state index contributed by atoms with van der Waals surface area (Å²) in [4.78, 5) is 48.1. The first-order valence-electron chi connectivity index (χ1n) is 11.7. The van der Waals surface area contributed by atoms with E-state index in [9.17, 15) is 36.7 Å². The minimum Gasteiger partial charge on any atom is -0.481 e. The molecule has 3 aliphatic heterocycles. The van der Waals surface area contributed by atoms with Crippen LogP contribution in [0.5, 0.6) is 0 Å². The van der Waals surface area contributed by atoms with Gasteiger partial charge in [0.2, 0.25) is 0 Å². The van der Waals surface area contributed by atoms with Gasteiger partial charge in [-0.15, -0.1) is 0 Å². The van der Waals surface area contributed by atoms with Crippen molar-refractivity contribution in [1.29, 1.82) is 0 Å². The summed E-state index contributed by atoms with van der Waals surface area (Å²) in [5, 5.41) is 9.17. The molecular formula is C24H28F4N2O7. The fourth-order valence-electron chi connectivity index (χ4n) is 4.70. The number of hydrogen-bond donors (Lipinski definition) is 1. The molecule has 204 valence electrons. The third kappa shape index (κ3) is 7.96. The van der Waals surface area contributed by atoms with Crippen molar-refractivity contribution in [2.45, 2.75) is 19.3 Å². The molecule has 3 saturated heterocycles. The number of alkyl halides is 4. The first-order chi connectivity index (χ1) is 17.5. The molecular weight excluding hydrogens is 504 g/mol. The highest BCUT2D eigenvalue weighted by Gasteiger charge is 2.50. The molecule has 1 N–H and O–H groups in total. The second-order valence-corrected chi connectivity index (χ2v) is 9.13. The largest absolute Gasteiger partial charge is 0.481 e. The van der Waals surface area contributed by atoms with Gasteiger partial charge in [-0.1, -0.05) is 30.3 Å². The first kappa shape index (κ1) is 28.5. The van der Waals surface area contributed by atoms with Crippen molar-refractivity contribution in [3.8, 4) is 0 Å². The molecule has 1 aromatic rings. The highest BCUT2D eigenvalue weighted by Crippen LogP contribution is 2.31. The van der Waals surface area contributed by atoms with Crippen molar-refractivity contribution in [2.75, 3.05) is 45.9 Å². The maximum Gasteiger partial charge on any atom is 0.318 e. The fraction of sp³-hybridized carbons (Fsp3) is 0.583. The van der Waals surface area contributed by atoms with Gasteiger partial charge >= 0.3 is 23.9 Å². The average Bonchev–Trinajstić information content (AvgIpc) is 3.50. The number of cyclic esters (lactones) is 2. The van der Waals surface area contributed by atoms with Crippen LogP contribution in [0.15, 0.2) is 30.3 Å². The van der Waals surface area contributed by atoms with E-state index in [1.165, 1.54) is 9.80 Å². The molecule has 0 aromatic heterocycles. The van der Waals surface area contributed by atoms with E-state index in [0.717, 1.165) is 5.56 Å². The molecule has 4 rings (SSSR count). The number of benzene rings is 1. The number of likely N-dealkylation sites (tertiary alicyclic amines) is 2. The molecule has 3 aliphatic rings. The Bertz CT molecular complexity index is 944. The normalized spacial score (nSPS) is 25.7. The minimum atomic E-state index is -2.56. The molecule has 0 amide bonds. The smallest absolute Gasteiger partial charge is 0.318 e. The molecule has 0 unspecified atom stereocenters. The van der Waals surface area contributed by atoms with Gasteiger partial charge in [-0.25, -0.2) is 17.6 Å². The number of aliphatic carboxylic acids is 1. The standard InChI is InChI=1S/C16H19F2NO4.C8H9F2NO3/c17-14(18)10-19-8-12(15(20)21)13(9-19)16(22)23-7-6-11-4-2-1-3-5-11;9-6(10)3-11-1-4-5(2-11)8(13)14-7(4)12/h1-5,12-14H,6-10H2,(H,20,21);4-6H,1-3H2/t12-,13+;4-,5+/m0./s1. The summed E-state index contributed by atoms with van der Waals surface area (Å²) < 4.78 is 58.4. The molecule has 0 aliphatic carbocycles. The van der Waals surface area contributed by atoms with Crippen LogP contribution in [0.1, 0.15) is 5.56 Å². The van der Waals surface area contributed by atoms with Gasteiger partial charge in [-0.05, 0) is 5.56 Å². The second kappa shape index (κ2) is 13.0. The Hall–Kier alpha value is -3.06. The minimum absolute atomic E-state index is 0.00846. The van der Waals surface area contributed by atoms with Gasteiger partial charge in [0.25, 0.3) is 12.9 Å². The number of carboxylic acid groups (broad SMARTS) is 1. The predicted octanol–water partition coefficient (Wildman–Crippen LogP) is 1.55. The Balaban J connectivity index is 0.000000231. The van der Waals surface area contributed by atoms with Crippen molar-refractivity contribution >= 4 is 23.9 Å². The van der Waals surface area contributed by atoms with Crippen LogP contribution in [0.4, 0.5) is 17.6 Å². The van der Waals surface area contributed by atoms with Crippen LogP contribution < -0.4 is 0 Å². The van der Waals surface area contributed by atoms with Crippen LogP contribution in [0.2, 0.25) is 0 Å². The van der Waals surface area contributed by atoms with Gasteiger partial charge in [0.15, 0.2) is 0 Å². The first-order valence-corrected chi connectivity index (χ1v) is 11.7. The SMILES string of the molecule is O=C(O)[C@H]1CN(CC(F)F)C[C@H]1C(=O)OCCc1ccccc1.O=C1OC(=O)[C@@H]2CN(CC(F)F)C[C@H]12. The fourth-order valence-corrected chi connectivity index (χ4v) is 4.70. The highest BCUT2D eigenvalue weighted by atomic mass is 19.3. The van der Waals surface area contributed by atoms with Gasteiger partial charge in [0, 0.05) is 32.6 Å². The number of carbonyl (C=O) groups excluding carboxylic acids is 3. The van der Waals surface area contributed by atoms with Crippen molar-refractivity contribution in [2.24, 2.45) is 23.7 Å². The predicted molar refractivity (Wildman–Crippen MR) is 119 cm³/mol. The van der Waals surface area contributed by atoms with Crippen molar-refractivity contribution in [1.82, 2.24) is 9.80 Å². The van der Waals surface area contributed by atoms with E-state index in [0.29, 0.717) is 6.42 Å². The molecule has 4 atom stereocenters. The molecule has 0 spiro atoms. The van der Waals surface area contributed by atoms with Crippen LogP contribution in [0.25, 0.3) is 0 Å². The Kier molecular flexibility index (Phi) is 9.98. The highest BCUT2D eigenvalue weighted by molar-refractivity contribution is 5.97. The average molecular weight is 532 g/mol. The van der Waals surface area contributed by atoms with Gasteiger partial charge in [-0.3, -0.25) is 29.0 Å². The van der Waals surface area contributed by atoms with Gasteiger partial charge in [0.05, 0.1) is 43.4 Å². The van der Waals surface area contributed by atoms with Crippen molar-refractivity contribution in [3.63, 3.8) is 0 Å². The van der Waals surface area contributed by atoms with Gasteiger partial charge in [-0.2, -0.15) is 0 Å². The number of nitrogens with zero attached hydrogens (tertiary/aromatic N) is 2.